The number of aliphatic hydroxyl groups excluding tert-OH is 1. The summed E-state index contributed by atoms with van der Waals surface area (Å²) in [5.41, 5.74) is 1.09. The third kappa shape index (κ3) is 8.55. The minimum Gasteiger partial charge on any atom is -0.504 e. The highest BCUT2D eigenvalue weighted by Gasteiger charge is 2.57. The first kappa shape index (κ1) is 41.8. The van der Waals surface area contributed by atoms with Gasteiger partial charge in [0, 0.05) is 37.8 Å². The van der Waals surface area contributed by atoms with E-state index in [4.69, 9.17) is 14.2 Å². The summed E-state index contributed by atoms with van der Waals surface area (Å²) in [6.45, 7) is 0.587. The number of guanidine groups is 1. The molecule has 6 bridgehead atoms. The molecule has 6 N–H and O–H groups in total. The molecule has 57 heavy (non-hydrogen) atoms. The van der Waals surface area contributed by atoms with E-state index < -0.39 is 17.3 Å². The smallest absolute Gasteiger partial charge is 0.196 e. The molecule has 4 aliphatic carbocycles. The number of phenols is 2. The Morgan fingerprint density at radius 1 is 1.05 bits per heavy atom. The number of nitrogens with one attached hydrogen (secondary N) is 3. The summed E-state index contributed by atoms with van der Waals surface area (Å²) >= 11 is 0. The average Bonchev–Trinajstić information content (AvgIpc) is 3.90. The van der Waals surface area contributed by atoms with Crippen LogP contribution in [0.4, 0.5) is 5.69 Å². The van der Waals surface area contributed by atoms with Crippen LogP contribution in [0.5, 0.6) is 23.0 Å². The molecule has 13 heteroatoms. The van der Waals surface area contributed by atoms with Crippen LogP contribution in [-0.2, 0) is 21.4 Å². The molecule has 2 aromatic rings. The highest BCUT2D eigenvalue weighted by molar-refractivity contribution is 8.77. The van der Waals surface area contributed by atoms with Gasteiger partial charge in [0.2, 0.25) is 0 Å². The van der Waals surface area contributed by atoms with Crippen LogP contribution < -0.4 is 25.4 Å². The number of allylic oxidation sites excluding steroid dienone is 3. The maximum Gasteiger partial charge on any atom is 0.196 e. The topological polar surface area (TPSA) is 154 Å². The molecule has 2 aromatic carbocycles. The van der Waals surface area contributed by atoms with Gasteiger partial charge in [0.05, 0.1) is 18.7 Å². The number of nitrogens with zero attached hydrogens (tertiary/aromatic N) is 1. The molecular formula is C44H60N4O7S2. The molecule has 3 saturated carbocycles. The van der Waals surface area contributed by atoms with Crippen molar-refractivity contribution in [1.82, 2.24) is 10.6 Å². The van der Waals surface area contributed by atoms with Gasteiger partial charge in [-0.25, -0.2) is 0 Å². The Morgan fingerprint density at radius 3 is 2.63 bits per heavy atom. The zero-order chi connectivity index (χ0) is 40.2. The zero-order valence-corrected chi connectivity index (χ0v) is 35.4. The van der Waals surface area contributed by atoms with Crippen molar-refractivity contribution in [3.05, 3.63) is 65.8 Å². The number of benzene rings is 2. The summed E-state index contributed by atoms with van der Waals surface area (Å²) in [4.78, 5) is 19.5. The third-order valence-electron chi connectivity index (χ3n) is 13.5. The van der Waals surface area contributed by atoms with Gasteiger partial charge >= 0.3 is 0 Å². The number of rotatable bonds is 10. The molecule has 1 aliphatic heterocycles. The molecule has 3 fully saturated rings. The molecule has 1 heterocycles. The number of hydrogen-bond acceptors (Lipinski definition) is 11. The van der Waals surface area contributed by atoms with Crippen molar-refractivity contribution in [2.24, 2.45) is 28.2 Å². The van der Waals surface area contributed by atoms with E-state index in [9.17, 15) is 15.3 Å². The predicted molar refractivity (Wildman–Crippen MR) is 229 cm³/mol. The van der Waals surface area contributed by atoms with E-state index in [0.29, 0.717) is 61.3 Å². The summed E-state index contributed by atoms with van der Waals surface area (Å²) in [6, 6.07) is 9.55. The predicted octanol–water partition coefficient (Wildman–Crippen LogP) is 7.46. The van der Waals surface area contributed by atoms with Gasteiger partial charge in [-0.05, 0) is 129 Å². The van der Waals surface area contributed by atoms with Gasteiger partial charge < -0.3 is 45.5 Å². The van der Waals surface area contributed by atoms with Crippen molar-refractivity contribution in [2.75, 3.05) is 46.1 Å². The number of carbonyl (C=O) groups is 1. The van der Waals surface area contributed by atoms with Crippen molar-refractivity contribution in [3.63, 3.8) is 0 Å². The average molecular weight is 821 g/mol. The molecule has 0 amide bonds. The fraction of sp³-hybridized carbons (Fsp3) is 0.591. The standard InChI is InChI=1S/C44H60N4O7S2/c1-45-26-43(19-15-29(24-43)21-39(51)54-4)55-36-23-31-22-33(40(36)52)48-41(46-2)47-27-56-57-37-14-11-30-10-12-32(37)44(30,25-28-9-13-34(49)35(20-28)53-3)38(50)8-7-18-42(31)16-5-6-17-42/h7-9,11,13-14,20,22-23,29-30,32,37,39,45,49,51-52H,5-6,10,12,15-19,21,24-27H2,1-4H3,(H2,46,47,48)/b8-7+/t29-,30+,32-,37-,39-,43-,44+/m1/s1. The lowest BCUT2D eigenvalue weighted by Gasteiger charge is -2.43. The van der Waals surface area contributed by atoms with Crippen molar-refractivity contribution in [3.8, 4) is 23.0 Å². The van der Waals surface area contributed by atoms with Crippen LogP contribution in [0.2, 0.25) is 0 Å². The van der Waals surface area contributed by atoms with Crippen LogP contribution >= 0.6 is 21.6 Å². The number of aliphatic hydroxyl groups is 1. The van der Waals surface area contributed by atoms with Gasteiger partial charge in [0.15, 0.2) is 41.0 Å². The number of aromatic hydroxyl groups is 2. The number of phenolic OH excluding ortho intramolecular Hbond substituents is 2. The summed E-state index contributed by atoms with van der Waals surface area (Å²) in [5.74, 6) is 2.67. The summed E-state index contributed by atoms with van der Waals surface area (Å²) in [7, 11) is 10.2. The monoisotopic (exact) mass is 820 g/mol. The van der Waals surface area contributed by atoms with E-state index in [2.05, 4.69) is 39.2 Å². The molecule has 1 spiro atoms. The normalized spacial score (nSPS) is 31.5. The molecule has 0 saturated heterocycles. The van der Waals surface area contributed by atoms with Crippen molar-refractivity contribution >= 4 is 39.0 Å². The maximum absolute atomic E-state index is 15.0. The SMILES string of the molecule is CN=C1NCSS[C@@H]2C=C[C@@H]3CC[C@H]2[C@@]3(Cc2ccc(O)c(OC)c2)C(=O)/C=C/CC2(CCCC2)c2cc(c(O)c(O[C@]3(CNC)CC[C@H](C[C@H](O)OC)C3)c2)N1. The van der Waals surface area contributed by atoms with Crippen LogP contribution in [0.25, 0.3) is 0 Å². The molecule has 7 atom stereocenters. The molecule has 7 rings (SSSR count). The molecular weight excluding hydrogens is 761 g/mol. The van der Waals surface area contributed by atoms with Crippen molar-refractivity contribution in [2.45, 2.75) is 99.6 Å². The van der Waals surface area contributed by atoms with Gasteiger partial charge in [0.1, 0.15) is 5.60 Å². The Labute approximate surface area is 345 Å². The Bertz CT molecular complexity index is 1850. The summed E-state index contributed by atoms with van der Waals surface area (Å²) in [5, 5.41) is 43.0. The zero-order valence-electron chi connectivity index (χ0n) is 33.7. The van der Waals surface area contributed by atoms with Crippen LogP contribution in [0.15, 0.2) is 59.6 Å². The summed E-state index contributed by atoms with van der Waals surface area (Å²) in [6.07, 6.45) is 17.8. The largest absolute Gasteiger partial charge is 0.504 e. The number of ketones is 1. The van der Waals surface area contributed by atoms with E-state index in [1.807, 2.05) is 37.4 Å². The fourth-order valence-corrected chi connectivity index (χ4v) is 13.2. The minimum absolute atomic E-state index is 0.0270. The number of methoxy groups -OCH3 is 2. The van der Waals surface area contributed by atoms with E-state index in [0.717, 1.165) is 62.5 Å². The number of likely N-dealkylation sites (N-methyl/N-ethyl adjacent to an activating group) is 1. The molecule has 310 valence electrons. The van der Waals surface area contributed by atoms with E-state index in [1.165, 1.54) is 7.11 Å². The first-order valence-electron chi connectivity index (χ1n) is 20.5. The van der Waals surface area contributed by atoms with Gasteiger partial charge in [-0.15, -0.1) is 0 Å². The maximum atomic E-state index is 15.0. The van der Waals surface area contributed by atoms with Crippen molar-refractivity contribution in [1.29, 1.82) is 0 Å². The first-order valence-corrected chi connectivity index (χ1v) is 22.9. The highest BCUT2D eigenvalue weighted by atomic mass is 33.1. The van der Waals surface area contributed by atoms with Crippen LogP contribution in [0.1, 0.15) is 81.8 Å². The fourth-order valence-electron chi connectivity index (χ4n) is 10.7. The van der Waals surface area contributed by atoms with Gasteiger partial charge in [-0.2, -0.15) is 0 Å². The van der Waals surface area contributed by atoms with Crippen LogP contribution in [0.3, 0.4) is 0 Å². The molecule has 0 radical (unpaired) electrons. The van der Waals surface area contributed by atoms with Crippen LogP contribution in [-0.4, -0.2) is 84.9 Å². The molecule has 0 unspecified atom stereocenters. The summed E-state index contributed by atoms with van der Waals surface area (Å²) < 4.78 is 17.6. The Hall–Kier alpha value is -3.36. The highest BCUT2D eigenvalue weighted by Crippen LogP contribution is 2.59. The Kier molecular flexibility index (Phi) is 13.1. The second kappa shape index (κ2) is 17.9. The van der Waals surface area contributed by atoms with Gasteiger partial charge in [-0.3, -0.25) is 9.79 Å². The van der Waals surface area contributed by atoms with E-state index >= 15 is 4.79 Å². The number of aliphatic imine (C=N–C) groups is 1. The van der Waals surface area contributed by atoms with Crippen LogP contribution in [0, 0.1) is 23.2 Å². The number of carbonyl (C=O) groups excluding carboxylic acids is 1. The number of anilines is 1. The second-order valence-corrected chi connectivity index (χ2v) is 19.3. The third-order valence-corrected chi connectivity index (χ3v) is 16.1. The lowest BCUT2D eigenvalue weighted by atomic mass is 9.62. The lowest BCUT2D eigenvalue weighted by molar-refractivity contribution is -0.127. The Balaban J connectivity index is 1.27. The molecule has 5 aliphatic rings. The quantitative estimate of drug-likeness (QED) is 0.0611. The Morgan fingerprint density at radius 2 is 1.88 bits per heavy atom. The number of ether oxygens (including phenoxy) is 3. The second-order valence-electron chi connectivity index (χ2n) is 16.8. The van der Waals surface area contributed by atoms with Gasteiger partial charge in [-0.1, -0.05) is 58.7 Å². The minimum atomic E-state index is -0.826. The number of hydrogen-bond donors (Lipinski definition) is 6. The molecule has 11 nitrogen and oxygen atoms in total. The lowest BCUT2D eigenvalue weighted by Crippen LogP contribution is -2.46. The van der Waals surface area contributed by atoms with E-state index in [-0.39, 0.29) is 45.7 Å². The van der Waals surface area contributed by atoms with E-state index in [1.54, 1.807) is 41.8 Å². The number of fused-ring (bicyclic) bond motifs is 3. The van der Waals surface area contributed by atoms with Crippen molar-refractivity contribution < 1.29 is 34.3 Å². The molecule has 0 aromatic heterocycles. The first-order chi connectivity index (χ1) is 27.6. The van der Waals surface area contributed by atoms with Gasteiger partial charge in [0.25, 0.3) is 0 Å².